The molecule has 0 saturated carbocycles. The maximum atomic E-state index is 12.2. The number of ether oxygens (including phenoxy) is 1. The van der Waals surface area contributed by atoms with Gasteiger partial charge in [0.2, 0.25) is 0 Å². The lowest BCUT2D eigenvalue weighted by molar-refractivity contribution is -0.126. The Kier molecular flexibility index (Phi) is 3.86. The normalized spacial score (nSPS) is 14.5. The van der Waals surface area contributed by atoms with Crippen LogP contribution in [0.1, 0.15) is 12.5 Å². The number of carbonyl (C=O) groups is 1. The molecule has 1 aromatic carbocycles. The van der Waals surface area contributed by atoms with Gasteiger partial charge in [-0.05, 0) is 19.1 Å². The van der Waals surface area contributed by atoms with Gasteiger partial charge in [0, 0.05) is 19.2 Å². The van der Waals surface area contributed by atoms with Crippen molar-refractivity contribution < 1.29 is 9.53 Å². The fourth-order valence-electron chi connectivity index (χ4n) is 2.02. The average Bonchev–Trinajstić information content (AvgIpc) is 2.45. The molecular weight excluding hydrogens is 240 g/mol. The molecule has 0 radical (unpaired) electrons. The molecule has 0 aliphatic carbocycles. The lowest BCUT2D eigenvalue weighted by Crippen LogP contribution is -2.33. The van der Waals surface area contributed by atoms with E-state index in [0.29, 0.717) is 12.1 Å². The SMILES string of the molecule is CC(C#N)CN(C)C(=O)C1=Cc2ccccc2OC1. The Hall–Kier alpha value is -2.28. The number of hydrogen-bond acceptors (Lipinski definition) is 3. The number of benzene rings is 1. The molecule has 4 nitrogen and oxygen atoms in total. The maximum Gasteiger partial charge on any atom is 0.253 e. The third-order valence-corrected chi connectivity index (χ3v) is 3.02. The van der Waals surface area contributed by atoms with Crippen molar-refractivity contribution in [3.8, 4) is 11.8 Å². The molecular formula is C15H16N2O2. The first-order chi connectivity index (χ1) is 9.11. The zero-order chi connectivity index (χ0) is 13.8. The van der Waals surface area contributed by atoms with Gasteiger partial charge in [0.05, 0.1) is 17.6 Å². The van der Waals surface area contributed by atoms with Crippen molar-refractivity contribution in [3.05, 3.63) is 35.4 Å². The topological polar surface area (TPSA) is 53.3 Å². The van der Waals surface area contributed by atoms with Gasteiger partial charge in [-0.2, -0.15) is 5.26 Å². The minimum atomic E-state index is -0.175. The fourth-order valence-corrected chi connectivity index (χ4v) is 2.02. The van der Waals surface area contributed by atoms with Crippen LogP contribution in [0.15, 0.2) is 29.8 Å². The largest absolute Gasteiger partial charge is 0.488 e. The van der Waals surface area contributed by atoms with E-state index in [1.54, 1.807) is 18.9 Å². The maximum absolute atomic E-state index is 12.2. The smallest absolute Gasteiger partial charge is 0.253 e. The number of likely N-dealkylation sites (N-methyl/N-ethyl adjacent to an activating group) is 1. The first-order valence-electron chi connectivity index (χ1n) is 6.19. The van der Waals surface area contributed by atoms with E-state index in [1.165, 1.54) is 0 Å². The Bertz CT molecular complexity index is 558. The van der Waals surface area contributed by atoms with Crippen LogP contribution < -0.4 is 4.74 Å². The summed E-state index contributed by atoms with van der Waals surface area (Å²) in [7, 11) is 1.71. The molecule has 0 fully saturated rings. The van der Waals surface area contributed by atoms with Crippen molar-refractivity contribution in [1.29, 1.82) is 5.26 Å². The predicted octanol–water partition coefficient (Wildman–Crippen LogP) is 2.08. The second-order valence-electron chi connectivity index (χ2n) is 4.71. The van der Waals surface area contributed by atoms with Gasteiger partial charge >= 0.3 is 0 Å². The van der Waals surface area contributed by atoms with Crippen LogP contribution in [-0.2, 0) is 4.79 Å². The third kappa shape index (κ3) is 2.94. The Labute approximate surface area is 112 Å². The van der Waals surface area contributed by atoms with E-state index in [4.69, 9.17) is 10.00 Å². The van der Waals surface area contributed by atoms with Gasteiger partial charge in [-0.15, -0.1) is 0 Å². The summed E-state index contributed by atoms with van der Waals surface area (Å²) in [4.78, 5) is 13.8. The standard InChI is InChI=1S/C15H16N2O2/c1-11(8-16)9-17(2)15(18)13-7-12-5-3-4-6-14(12)19-10-13/h3-7,11H,9-10H2,1-2H3. The summed E-state index contributed by atoms with van der Waals surface area (Å²) in [5, 5.41) is 8.78. The summed E-state index contributed by atoms with van der Waals surface area (Å²) in [5.41, 5.74) is 1.53. The van der Waals surface area contributed by atoms with Gasteiger partial charge in [-0.25, -0.2) is 0 Å². The summed E-state index contributed by atoms with van der Waals surface area (Å²) in [6.45, 7) is 2.50. The Morgan fingerprint density at radius 2 is 2.26 bits per heavy atom. The molecule has 1 heterocycles. The first kappa shape index (κ1) is 13.2. The van der Waals surface area contributed by atoms with Crippen molar-refractivity contribution in [3.63, 3.8) is 0 Å². The number of fused-ring (bicyclic) bond motifs is 1. The molecule has 1 aromatic rings. The predicted molar refractivity (Wildman–Crippen MR) is 72.3 cm³/mol. The van der Waals surface area contributed by atoms with Crippen molar-refractivity contribution in [1.82, 2.24) is 4.90 Å². The summed E-state index contributed by atoms with van der Waals surface area (Å²) >= 11 is 0. The van der Waals surface area contributed by atoms with Crippen LogP contribution in [0.2, 0.25) is 0 Å². The monoisotopic (exact) mass is 256 g/mol. The van der Waals surface area contributed by atoms with Crippen LogP contribution in [0.4, 0.5) is 0 Å². The van der Waals surface area contributed by atoms with E-state index >= 15 is 0 Å². The van der Waals surface area contributed by atoms with E-state index in [1.807, 2.05) is 30.3 Å². The summed E-state index contributed by atoms with van der Waals surface area (Å²) < 4.78 is 5.56. The van der Waals surface area contributed by atoms with E-state index < -0.39 is 0 Å². The highest BCUT2D eigenvalue weighted by atomic mass is 16.5. The lowest BCUT2D eigenvalue weighted by atomic mass is 10.1. The Balaban J connectivity index is 2.13. The van der Waals surface area contributed by atoms with E-state index in [0.717, 1.165) is 11.3 Å². The Morgan fingerprint density at radius 1 is 1.53 bits per heavy atom. The number of para-hydroxylation sites is 1. The van der Waals surface area contributed by atoms with Crippen molar-refractivity contribution in [2.24, 2.45) is 5.92 Å². The molecule has 4 heteroatoms. The van der Waals surface area contributed by atoms with Crippen molar-refractivity contribution >= 4 is 12.0 Å². The molecule has 98 valence electrons. The minimum Gasteiger partial charge on any atom is -0.488 e. The van der Waals surface area contributed by atoms with Crippen LogP contribution >= 0.6 is 0 Å². The van der Waals surface area contributed by atoms with Crippen LogP contribution in [0, 0.1) is 17.2 Å². The van der Waals surface area contributed by atoms with Crippen LogP contribution in [0.25, 0.3) is 6.08 Å². The highest BCUT2D eigenvalue weighted by Crippen LogP contribution is 2.26. The van der Waals surface area contributed by atoms with Gasteiger partial charge in [0.1, 0.15) is 12.4 Å². The number of nitriles is 1. The van der Waals surface area contributed by atoms with E-state index in [-0.39, 0.29) is 18.4 Å². The summed E-state index contributed by atoms with van der Waals surface area (Å²) in [5.74, 6) is 0.537. The van der Waals surface area contributed by atoms with Crippen molar-refractivity contribution in [2.75, 3.05) is 20.2 Å². The van der Waals surface area contributed by atoms with Crippen LogP contribution in [-0.4, -0.2) is 31.0 Å². The average molecular weight is 256 g/mol. The second kappa shape index (κ2) is 5.57. The van der Waals surface area contributed by atoms with E-state index in [9.17, 15) is 4.79 Å². The molecule has 0 aromatic heterocycles. The molecule has 1 atom stereocenters. The number of carbonyl (C=O) groups excluding carboxylic acids is 1. The first-order valence-corrected chi connectivity index (χ1v) is 6.19. The molecule has 0 bridgehead atoms. The van der Waals surface area contributed by atoms with Crippen molar-refractivity contribution in [2.45, 2.75) is 6.92 Å². The third-order valence-electron chi connectivity index (χ3n) is 3.02. The highest BCUT2D eigenvalue weighted by Gasteiger charge is 2.20. The molecule has 1 amide bonds. The fraction of sp³-hybridized carbons (Fsp3) is 0.333. The van der Waals surface area contributed by atoms with Gasteiger partial charge in [0.25, 0.3) is 5.91 Å². The number of nitrogens with zero attached hydrogens (tertiary/aromatic N) is 2. The molecule has 0 N–H and O–H groups in total. The number of rotatable bonds is 3. The number of amides is 1. The zero-order valence-corrected chi connectivity index (χ0v) is 11.1. The summed E-state index contributed by atoms with van der Waals surface area (Å²) in [6, 6.07) is 9.74. The lowest BCUT2D eigenvalue weighted by Gasteiger charge is -2.23. The van der Waals surface area contributed by atoms with Gasteiger partial charge in [0.15, 0.2) is 0 Å². The number of hydrogen-bond donors (Lipinski definition) is 0. The molecule has 1 unspecified atom stereocenters. The van der Waals surface area contributed by atoms with Crippen LogP contribution in [0.5, 0.6) is 5.75 Å². The summed E-state index contributed by atoms with van der Waals surface area (Å²) in [6.07, 6.45) is 1.86. The Morgan fingerprint density at radius 3 is 3.00 bits per heavy atom. The van der Waals surface area contributed by atoms with E-state index in [2.05, 4.69) is 6.07 Å². The second-order valence-corrected chi connectivity index (χ2v) is 4.71. The molecule has 1 aliphatic heterocycles. The molecule has 0 spiro atoms. The molecule has 1 aliphatic rings. The molecule has 0 saturated heterocycles. The molecule has 2 rings (SSSR count). The van der Waals surface area contributed by atoms with Gasteiger partial charge < -0.3 is 9.64 Å². The van der Waals surface area contributed by atoms with Gasteiger partial charge in [-0.3, -0.25) is 4.79 Å². The zero-order valence-electron chi connectivity index (χ0n) is 11.1. The molecule has 19 heavy (non-hydrogen) atoms. The highest BCUT2D eigenvalue weighted by molar-refractivity contribution is 5.99. The van der Waals surface area contributed by atoms with Crippen LogP contribution in [0.3, 0.4) is 0 Å². The minimum absolute atomic E-state index is 0.0865. The quantitative estimate of drug-likeness (QED) is 0.832. The van der Waals surface area contributed by atoms with Gasteiger partial charge in [-0.1, -0.05) is 18.2 Å².